The summed E-state index contributed by atoms with van der Waals surface area (Å²) in [5, 5.41) is 11.3. The number of benzene rings is 1. The lowest BCUT2D eigenvalue weighted by atomic mass is 10.1. The van der Waals surface area contributed by atoms with E-state index < -0.39 is 0 Å². The zero-order chi connectivity index (χ0) is 13.7. The van der Waals surface area contributed by atoms with Crippen molar-refractivity contribution >= 4 is 27.7 Å². The van der Waals surface area contributed by atoms with Gasteiger partial charge in [-0.25, -0.2) is 0 Å². The van der Waals surface area contributed by atoms with Crippen LogP contribution in [0.2, 0.25) is 0 Å². The van der Waals surface area contributed by atoms with E-state index in [9.17, 15) is 4.79 Å². The predicted molar refractivity (Wildman–Crippen MR) is 73.9 cm³/mol. The molecule has 0 atom stereocenters. The summed E-state index contributed by atoms with van der Waals surface area (Å²) in [7, 11) is 1.69. The highest BCUT2D eigenvalue weighted by Gasteiger charge is 2.14. The number of amidine groups is 1. The molecule has 1 rings (SSSR count). The van der Waals surface area contributed by atoms with Gasteiger partial charge in [-0.3, -0.25) is 4.79 Å². The van der Waals surface area contributed by atoms with Crippen LogP contribution in [-0.4, -0.2) is 35.4 Å². The number of carbonyl (C=O) groups is 1. The van der Waals surface area contributed by atoms with Gasteiger partial charge in [-0.15, -0.1) is 0 Å². The molecule has 6 heteroatoms. The number of carbonyl (C=O) groups excluding carboxylic acids is 1. The maximum atomic E-state index is 12.2. The summed E-state index contributed by atoms with van der Waals surface area (Å²) < 4.78 is 0.862. The van der Waals surface area contributed by atoms with Gasteiger partial charge in [0.25, 0.3) is 5.91 Å². The minimum absolute atomic E-state index is 0.0838. The first kappa shape index (κ1) is 14.5. The van der Waals surface area contributed by atoms with Crippen molar-refractivity contribution in [2.45, 2.75) is 13.3 Å². The van der Waals surface area contributed by atoms with Crippen molar-refractivity contribution < 1.29 is 10.0 Å². The van der Waals surface area contributed by atoms with E-state index in [1.165, 1.54) is 0 Å². The number of aryl methyl sites for hydroxylation is 1. The molecule has 0 fully saturated rings. The van der Waals surface area contributed by atoms with Gasteiger partial charge in [-0.05, 0) is 24.6 Å². The van der Waals surface area contributed by atoms with Crippen LogP contribution in [0.3, 0.4) is 0 Å². The number of oxime groups is 1. The fraction of sp³-hybridized carbons (Fsp3) is 0.333. The Bertz CT molecular complexity index is 474. The quantitative estimate of drug-likeness (QED) is 0.386. The van der Waals surface area contributed by atoms with Crippen LogP contribution in [0.5, 0.6) is 0 Å². The van der Waals surface area contributed by atoms with Gasteiger partial charge >= 0.3 is 0 Å². The molecular formula is C12H16BrN3O2. The number of hydrogen-bond acceptors (Lipinski definition) is 3. The first-order chi connectivity index (χ1) is 8.45. The number of rotatable bonds is 4. The summed E-state index contributed by atoms with van der Waals surface area (Å²) in [6.07, 6.45) is 0.339. The number of hydrogen-bond donors (Lipinski definition) is 2. The van der Waals surface area contributed by atoms with E-state index in [0.29, 0.717) is 18.5 Å². The molecule has 98 valence electrons. The van der Waals surface area contributed by atoms with Crippen molar-refractivity contribution in [2.24, 2.45) is 10.9 Å². The van der Waals surface area contributed by atoms with E-state index >= 15 is 0 Å². The fourth-order valence-corrected chi connectivity index (χ4v) is 1.83. The third kappa shape index (κ3) is 3.73. The topological polar surface area (TPSA) is 78.9 Å². The highest BCUT2D eigenvalue weighted by molar-refractivity contribution is 9.10. The third-order valence-electron chi connectivity index (χ3n) is 2.61. The van der Waals surface area contributed by atoms with Crippen LogP contribution in [-0.2, 0) is 0 Å². The lowest BCUT2D eigenvalue weighted by Crippen LogP contribution is -2.31. The SMILES string of the molecule is Cc1ccc(Br)cc1C(=O)N(C)CCC(N)=NO. The molecule has 0 aliphatic rings. The fourth-order valence-electron chi connectivity index (χ4n) is 1.46. The number of nitrogens with zero attached hydrogens (tertiary/aromatic N) is 2. The normalized spacial score (nSPS) is 11.4. The first-order valence-electron chi connectivity index (χ1n) is 5.43. The Balaban J connectivity index is 2.77. The van der Waals surface area contributed by atoms with E-state index in [1.54, 1.807) is 18.0 Å². The predicted octanol–water partition coefficient (Wildman–Crippen LogP) is 1.97. The molecule has 18 heavy (non-hydrogen) atoms. The van der Waals surface area contributed by atoms with E-state index in [4.69, 9.17) is 10.9 Å². The molecule has 1 aromatic carbocycles. The number of nitrogens with two attached hydrogens (primary N) is 1. The molecule has 1 aromatic rings. The molecule has 0 radical (unpaired) electrons. The summed E-state index contributed by atoms with van der Waals surface area (Å²) in [4.78, 5) is 13.7. The van der Waals surface area contributed by atoms with E-state index in [0.717, 1.165) is 10.0 Å². The summed E-state index contributed by atoms with van der Waals surface area (Å²) >= 11 is 3.34. The van der Waals surface area contributed by atoms with Crippen LogP contribution in [0.1, 0.15) is 22.3 Å². The Morgan fingerprint density at radius 3 is 2.83 bits per heavy atom. The molecule has 0 aromatic heterocycles. The second-order valence-corrected chi connectivity index (χ2v) is 4.94. The minimum Gasteiger partial charge on any atom is -0.409 e. The van der Waals surface area contributed by atoms with Crippen molar-refractivity contribution in [1.29, 1.82) is 0 Å². The van der Waals surface area contributed by atoms with Crippen LogP contribution in [0.25, 0.3) is 0 Å². The van der Waals surface area contributed by atoms with Crippen molar-refractivity contribution in [3.8, 4) is 0 Å². The molecule has 3 N–H and O–H groups in total. The molecule has 0 saturated heterocycles. The molecule has 0 aliphatic heterocycles. The lowest BCUT2D eigenvalue weighted by molar-refractivity contribution is 0.0797. The second kappa shape index (κ2) is 6.39. The molecule has 0 saturated carbocycles. The largest absolute Gasteiger partial charge is 0.409 e. The van der Waals surface area contributed by atoms with Gasteiger partial charge in [0.1, 0.15) is 5.84 Å². The summed E-state index contributed by atoms with van der Waals surface area (Å²) in [6.45, 7) is 2.29. The highest BCUT2D eigenvalue weighted by atomic mass is 79.9. The Morgan fingerprint density at radius 1 is 1.56 bits per heavy atom. The van der Waals surface area contributed by atoms with Crippen LogP contribution >= 0.6 is 15.9 Å². The standard InChI is InChI=1S/C12H16BrN3O2/c1-8-3-4-9(13)7-10(8)12(17)16(2)6-5-11(14)15-18/h3-4,7,18H,5-6H2,1-2H3,(H2,14,15). The van der Waals surface area contributed by atoms with Crippen LogP contribution < -0.4 is 5.73 Å². The van der Waals surface area contributed by atoms with E-state index in [2.05, 4.69) is 21.1 Å². The Hall–Kier alpha value is -1.56. The average molecular weight is 314 g/mol. The molecule has 5 nitrogen and oxygen atoms in total. The molecule has 0 heterocycles. The molecule has 0 aliphatic carbocycles. The van der Waals surface area contributed by atoms with Crippen LogP contribution in [0.15, 0.2) is 27.8 Å². The van der Waals surface area contributed by atoms with Crippen molar-refractivity contribution in [3.63, 3.8) is 0 Å². The van der Waals surface area contributed by atoms with Gasteiger partial charge in [0.05, 0.1) is 0 Å². The first-order valence-corrected chi connectivity index (χ1v) is 6.23. The zero-order valence-corrected chi connectivity index (χ0v) is 11.9. The van der Waals surface area contributed by atoms with E-state index in [-0.39, 0.29) is 11.7 Å². The molecule has 0 spiro atoms. The second-order valence-electron chi connectivity index (χ2n) is 4.03. The van der Waals surface area contributed by atoms with Gasteiger partial charge in [-0.2, -0.15) is 0 Å². The van der Waals surface area contributed by atoms with Gasteiger partial charge < -0.3 is 15.8 Å². The number of halogens is 1. The Kier molecular flexibility index (Phi) is 5.15. The molecule has 0 bridgehead atoms. The average Bonchev–Trinajstić information content (AvgIpc) is 2.37. The smallest absolute Gasteiger partial charge is 0.253 e. The Morgan fingerprint density at radius 2 is 2.22 bits per heavy atom. The van der Waals surface area contributed by atoms with Crippen LogP contribution in [0.4, 0.5) is 0 Å². The summed E-state index contributed by atoms with van der Waals surface area (Å²) in [5.41, 5.74) is 6.93. The maximum absolute atomic E-state index is 12.2. The van der Waals surface area contributed by atoms with Gasteiger partial charge in [-0.1, -0.05) is 27.2 Å². The monoisotopic (exact) mass is 313 g/mol. The van der Waals surface area contributed by atoms with Crippen molar-refractivity contribution in [1.82, 2.24) is 4.90 Å². The maximum Gasteiger partial charge on any atom is 0.253 e. The molecule has 0 unspecified atom stereocenters. The van der Waals surface area contributed by atoms with Gasteiger partial charge in [0.15, 0.2) is 0 Å². The van der Waals surface area contributed by atoms with Gasteiger partial charge in [0, 0.05) is 30.0 Å². The van der Waals surface area contributed by atoms with E-state index in [1.807, 2.05) is 19.1 Å². The molecular weight excluding hydrogens is 298 g/mol. The van der Waals surface area contributed by atoms with Crippen LogP contribution in [0, 0.1) is 6.92 Å². The van der Waals surface area contributed by atoms with Crippen molar-refractivity contribution in [3.05, 3.63) is 33.8 Å². The molecule has 1 amide bonds. The number of amides is 1. The van der Waals surface area contributed by atoms with Gasteiger partial charge in [0.2, 0.25) is 0 Å². The lowest BCUT2D eigenvalue weighted by Gasteiger charge is -2.18. The third-order valence-corrected chi connectivity index (χ3v) is 3.10. The summed E-state index contributed by atoms with van der Waals surface area (Å²) in [6, 6.07) is 5.56. The zero-order valence-electron chi connectivity index (χ0n) is 10.4. The minimum atomic E-state index is -0.0838. The van der Waals surface area contributed by atoms with Crippen molar-refractivity contribution in [2.75, 3.05) is 13.6 Å². The summed E-state index contributed by atoms with van der Waals surface area (Å²) in [5.74, 6) is 0.0279. The Labute approximate surface area is 114 Å². The highest BCUT2D eigenvalue weighted by Crippen LogP contribution is 2.17.